The Morgan fingerprint density at radius 2 is 2.16 bits per heavy atom. The van der Waals surface area contributed by atoms with Gasteiger partial charge in [0.15, 0.2) is 0 Å². The highest BCUT2D eigenvalue weighted by Crippen LogP contribution is 2.21. The van der Waals surface area contributed by atoms with Crippen molar-refractivity contribution >= 4 is 16.8 Å². The van der Waals surface area contributed by atoms with Crippen molar-refractivity contribution < 1.29 is 4.79 Å². The van der Waals surface area contributed by atoms with E-state index in [4.69, 9.17) is 0 Å². The molecule has 0 aliphatic heterocycles. The molecule has 1 fully saturated rings. The molecule has 0 radical (unpaired) electrons. The lowest BCUT2D eigenvalue weighted by Gasteiger charge is -2.30. The molecule has 1 heterocycles. The van der Waals surface area contributed by atoms with Crippen molar-refractivity contribution in [2.45, 2.75) is 38.3 Å². The molecule has 1 saturated carbocycles. The van der Waals surface area contributed by atoms with Crippen molar-refractivity contribution in [3.63, 3.8) is 0 Å². The molecule has 0 amide bonds. The van der Waals surface area contributed by atoms with Gasteiger partial charge >= 0.3 is 0 Å². The van der Waals surface area contributed by atoms with Crippen molar-refractivity contribution in [1.82, 2.24) is 14.9 Å². The van der Waals surface area contributed by atoms with E-state index in [0.717, 1.165) is 43.3 Å². The summed E-state index contributed by atoms with van der Waals surface area (Å²) in [5.74, 6) is 0.420. The number of rotatable bonds is 3. The molecule has 0 unspecified atom stereocenters. The molecule has 0 atom stereocenters. The lowest BCUT2D eigenvalue weighted by Crippen LogP contribution is -2.34. The average Bonchev–Trinajstić information content (AvgIpc) is 2.87. The molecule has 0 saturated heterocycles. The summed E-state index contributed by atoms with van der Waals surface area (Å²) >= 11 is 0. The third-order valence-corrected chi connectivity index (χ3v) is 4.05. The number of Topliss-reactive ketones (excluding diaryl/α,β-unsaturated/α-hetero) is 1. The van der Waals surface area contributed by atoms with Gasteiger partial charge in [0.1, 0.15) is 5.78 Å². The predicted molar refractivity (Wildman–Crippen MR) is 74.8 cm³/mol. The van der Waals surface area contributed by atoms with E-state index in [1.807, 2.05) is 0 Å². The minimum Gasteiger partial charge on any atom is -0.345 e. The van der Waals surface area contributed by atoms with Crippen LogP contribution in [0.5, 0.6) is 0 Å². The Balaban J connectivity index is 1.68. The average molecular weight is 257 g/mol. The minimum atomic E-state index is 0.420. The van der Waals surface area contributed by atoms with Crippen molar-refractivity contribution in [3.05, 3.63) is 30.1 Å². The number of carbonyl (C=O) groups is 1. The number of benzene rings is 1. The standard InChI is InChI=1S/C15H19N3O/c1-18(12-3-5-13(19)6-4-12)9-11-2-7-14-15(8-11)17-10-16-14/h2,7-8,10,12H,3-6,9H2,1H3,(H,16,17). The van der Waals surface area contributed by atoms with Crippen molar-refractivity contribution in [3.8, 4) is 0 Å². The summed E-state index contributed by atoms with van der Waals surface area (Å²) in [4.78, 5) is 21.0. The van der Waals surface area contributed by atoms with Crippen LogP contribution in [0.1, 0.15) is 31.2 Å². The Hall–Kier alpha value is -1.68. The maximum absolute atomic E-state index is 11.3. The van der Waals surface area contributed by atoms with Crippen molar-refractivity contribution in [2.24, 2.45) is 0 Å². The number of hydrogen-bond acceptors (Lipinski definition) is 3. The maximum atomic E-state index is 11.3. The number of hydrogen-bond donors (Lipinski definition) is 1. The van der Waals surface area contributed by atoms with Gasteiger partial charge in [-0.1, -0.05) is 6.07 Å². The van der Waals surface area contributed by atoms with Crippen LogP contribution in [0.3, 0.4) is 0 Å². The van der Waals surface area contributed by atoms with Crippen LogP contribution in [0.4, 0.5) is 0 Å². The lowest BCUT2D eigenvalue weighted by molar-refractivity contribution is -0.121. The highest BCUT2D eigenvalue weighted by Gasteiger charge is 2.22. The predicted octanol–water partition coefficient (Wildman–Crippen LogP) is 2.51. The van der Waals surface area contributed by atoms with Gasteiger partial charge in [-0.15, -0.1) is 0 Å². The molecule has 19 heavy (non-hydrogen) atoms. The first-order valence-electron chi connectivity index (χ1n) is 6.86. The smallest absolute Gasteiger partial charge is 0.133 e. The fourth-order valence-corrected chi connectivity index (χ4v) is 2.86. The van der Waals surface area contributed by atoms with Crippen LogP contribution in [0.25, 0.3) is 11.0 Å². The van der Waals surface area contributed by atoms with Crippen molar-refractivity contribution in [1.29, 1.82) is 0 Å². The Morgan fingerprint density at radius 1 is 1.37 bits per heavy atom. The van der Waals surface area contributed by atoms with Gasteiger partial charge in [-0.3, -0.25) is 9.69 Å². The summed E-state index contributed by atoms with van der Waals surface area (Å²) in [5.41, 5.74) is 3.38. The van der Waals surface area contributed by atoms with Gasteiger partial charge < -0.3 is 4.98 Å². The quantitative estimate of drug-likeness (QED) is 0.919. The zero-order valence-electron chi connectivity index (χ0n) is 11.2. The number of carbonyl (C=O) groups excluding carboxylic acids is 1. The van der Waals surface area contributed by atoms with Crippen LogP contribution in [0, 0.1) is 0 Å². The number of nitrogens with one attached hydrogen (secondary N) is 1. The molecule has 4 nitrogen and oxygen atoms in total. The van der Waals surface area contributed by atoms with E-state index in [9.17, 15) is 4.79 Å². The molecular weight excluding hydrogens is 238 g/mol. The van der Waals surface area contributed by atoms with Crippen LogP contribution in [-0.4, -0.2) is 33.7 Å². The fraction of sp³-hybridized carbons (Fsp3) is 0.467. The van der Waals surface area contributed by atoms with E-state index in [0.29, 0.717) is 11.8 Å². The van der Waals surface area contributed by atoms with E-state index in [-0.39, 0.29) is 0 Å². The number of ketones is 1. The third kappa shape index (κ3) is 2.68. The molecule has 1 aliphatic carbocycles. The molecule has 0 bridgehead atoms. The first-order valence-corrected chi connectivity index (χ1v) is 6.86. The Labute approximate surface area is 112 Å². The SMILES string of the molecule is CN(Cc1ccc2nc[nH]c2c1)C1CCC(=O)CC1. The summed E-state index contributed by atoms with van der Waals surface area (Å²) < 4.78 is 0. The third-order valence-electron chi connectivity index (χ3n) is 4.05. The fourth-order valence-electron chi connectivity index (χ4n) is 2.86. The van der Waals surface area contributed by atoms with Crippen molar-refractivity contribution in [2.75, 3.05) is 7.05 Å². The van der Waals surface area contributed by atoms with Gasteiger partial charge in [0.05, 0.1) is 17.4 Å². The van der Waals surface area contributed by atoms with Crippen LogP contribution >= 0.6 is 0 Å². The van der Waals surface area contributed by atoms with E-state index in [2.05, 4.69) is 40.1 Å². The Bertz CT molecular complexity index is 580. The molecule has 1 N–H and O–H groups in total. The van der Waals surface area contributed by atoms with Gasteiger partial charge in [0.2, 0.25) is 0 Å². The number of nitrogens with zero attached hydrogens (tertiary/aromatic N) is 2. The highest BCUT2D eigenvalue weighted by molar-refractivity contribution is 5.79. The largest absolute Gasteiger partial charge is 0.345 e. The summed E-state index contributed by atoms with van der Waals surface area (Å²) in [6.45, 7) is 0.924. The topological polar surface area (TPSA) is 49.0 Å². The summed E-state index contributed by atoms with van der Waals surface area (Å²) in [6.07, 6.45) is 5.22. The molecule has 4 heteroatoms. The van der Waals surface area contributed by atoms with Gasteiger partial charge in [-0.2, -0.15) is 0 Å². The molecule has 100 valence electrons. The second kappa shape index (κ2) is 5.13. The molecular formula is C15H19N3O. The first-order chi connectivity index (χ1) is 9.22. The second-order valence-electron chi connectivity index (χ2n) is 5.44. The first kappa shape index (κ1) is 12.4. The summed E-state index contributed by atoms with van der Waals surface area (Å²) in [6, 6.07) is 6.88. The van der Waals surface area contributed by atoms with Gasteiger partial charge in [0.25, 0.3) is 0 Å². The number of imidazole rings is 1. The summed E-state index contributed by atoms with van der Waals surface area (Å²) in [7, 11) is 2.15. The molecule has 1 aromatic carbocycles. The number of aromatic amines is 1. The molecule has 2 aromatic rings. The molecule has 1 aromatic heterocycles. The Morgan fingerprint density at radius 3 is 2.95 bits per heavy atom. The van der Waals surface area contributed by atoms with E-state index < -0.39 is 0 Å². The maximum Gasteiger partial charge on any atom is 0.133 e. The van der Waals surface area contributed by atoms with E-state index in [1.54, 1.807) is 6.33 Å². The molecule has 1 aliphatic rings. The van der Waals surface area contributed by atoms with Crippen LogP contribution in [0.2, 0.25) is 0 Å². The van der Waals surface area contributed by atoms with Crippen LogP contribution in [-0.2, 0) is 11.3 Å². The van der Waals surface area contributed by atoms with Crippen LogP contribution in [0.15, 0.2) is 24.5 Å². The molecule has 3 rings (SSSR count). The second-order valence-corrected chi connectivity index (χ2v) is 5.44. The number of H-pyrrole nitrogens is 1. The van der Waals surface area contributed by atoms with E-state index >= 15 is 0 Å². The Kier molecular flexibility index (Phi) is 3.34. The monoisotopic (exact) mass is 257 g/mol. The molecule has 0 spiro atoms. The normalized spacial score (nSPS) is 17.5. The van der Waals surface area contributed by atoms with Gasteiger partial charge in [0, 0.05) is 25.4 Å². The van der Waals surface area contributed by atoms with Crippen LogP contribution < -0.4 is 0 Å². The number of fused-ring (bicyclic) bond motifs is 1. The minimum absolute atomic E-state index is 0.420. The summed E-state index contributed by atoms with van der Waals surface area (Å²) in [5, 5.41) is 0. The van der Waals surface area contributed by atoms with E-state index in [1.165, 1.54) is 5.56 Å². The zero-order chi connectivity index (χ0) is 13.2. The van der Waals surface area contributed by atoms with Gasteiger partial charge in [-0.25, -0.2) is 4.98 Å². The lowest BCUT2D eigenvalue weighted by atomic mass is 9.93. The highest BCUT2D eigenvalue weighted by atomic mass is 16.1. The number of aromatic nitrogens is 2. The van der Waals surface area contributed by atoms with Gasteiger partial charge in [-0.05, 0) is 37.6 Å². The zero-order valence-corrected chi connectivity index (χ0v) is 11.2.